The van der Waals surface area contributed by atoms with Crippen LogP contribution in [-0.2, 0) is 4.79 Å². The van der Waals surface area contributed by atoms with Gasteiger partial charge in [0.1, 0.15) is 5.67 Å². The molecule has 1 rings (SSSR count). The van der Waals surface area contributed by atoms with Gasteiger partial charge in [-0.25, -0.2) is 4.39 Å². The fourth-order valence-electron chi connectivity index (χ4n) is 1.38. The third-order valence-electron chi connectivity index (χ3n) is 1.60. The van der Waals surface area contributed by atoms with Crippen LogP contribution < -0.4 is 0 Å². The van der Waals surface area contributed by atoms with Crippen molar-refractivity contribution in [2.24, 2.45) is 0 Å². The molecule has 0 saturated heterocycles. The smallest absolute Gasteiger partial charge is 0.158 e. The van der Waals surface area contributed by atoms with Crippen LogP contribution in [0, 0.1) is 0 Å². The molecule has 1 aliphatic carbocycles. The number of halogens is 1. The molecule has 0 aromatic rings. The topological polar surface area (TPSA) is 17.1 Å². The van der Waals surface area contributed by atoms with Crippen molar-refractivity contribution in [1.29, 1.82) is 0 Å². The van der Waals surface area contributed by atoms with Crippen molar-refractivity contribution < 1.29 is 9.18 Å². The number of carbonyl (C=O) groups excluding carboxylic acids is 1. The Morgan fingerprint density at radius 1 is 1.60 bits per heavy atom. The van der Waals surface area contributed by atoms with Crippen molar-refractivity contribution in [2.75, 3.05) is 0 Å². The number of ketones is 1. The zero-order valence-electron chi connectivity index (χ0n) is 6.28. The second-order valence-corrected chi connectivity index (χ2v) is 3.22. The van der Waals surface area contributed by atoms with E-state index in [2.05, 4.69) is 0 Å². The van der Waals surface area contributed by atoms with Gasteiger partial charge in [0.15, 0.2) is 5.78 Å². The Labute approximate surface area is 59.9 Å². The molecule has 0 aromatic heterocycles. The Hall–Kier alpha value is -0.660. The third-order valence-corrected chi connectivity index (χ3v) is 1.60. The maximum atomic E-state index is 13.1. The van der Waals surface area contributed by atoms with Crippen molar-refractivity contribution in [2.45, 2.75) is 32.4 Å². The summed E-state index contributed by atoms with van der Waals surface area (Å²) in [5, 5.41) is 0. The van der Waals surface area contributed by atoms with Gasteiger partial charge in [-0.3, -0.25) is 4.79 Å². The molecule has 1 atom stereocenters. The molecule has 1 aliphatic rings. The summed E-state index contributed by atoms with van der Waals surface area (Å²) in [6, 6.07) is 0. The average molecular weight is 142 g/mol. The molecule has 0 aliphatic heterocycles. The highest BCUT2D eigenvalue weighted by Crippen LogP contribution is 2.28. The van der Waals surface area contributed by atoms with Gasteiger partial charge < -0.3 is 0 Å². The molecule has 0 heterocycles. The second-order valence-electron chi connectivity index (χ2n) is 3.22. The van der Waals surface area contributed by atoms with Crippen LogP contribution in [-0.4, -0.2) is 11.5 Å². The van der Waals surface area contributed by atoms with Crippen LogP contribution >= 0.6 is 0 Å². The largest absolute Gasteiger partial charge is 0.295 e. The summed E-state index contributed by atoms with van der Waals surface area (Å²) in [6.45, 7) is 3.26. The average Bonchev–Trinajstić information content (AvgIpc) is 1.54. The highest BCUT2D eigenvalue weighted by molar-refractivity contribution is 5.92. The minimum atomic E-state index is -1.30. The van der Waals surface area contributed by atoms with E-state index >= 15 is 0 Å². The highest BCUT2D eigenvalue weighted by Gasteiger charge is 2.29. The first-order valence-electron chi connectivity index (χ1n) is 3.38. The number of hydrogen-bond acceptors (Lipinski definition) is 1. The first-order chi connectivity index (χ1) is 4.49. The molecule has 0 N–H and O–H groups in total. The van der Waals surface area contributed by atoms with Crippen molar-refractivity contribution in [3.8, 4) is 0 Å². The molecule has 10 heavy (non-hydrogen) atoms. The SMILES string of the molecule is CC1=CC(=O)CC(C)(F)C1. The quantitative estimate of drug-likeness (QED) is 0.505. The lowest BCUT2D eigenvalue weighted by Gasteiger charge is -2.22. The third kappa shape index (κ3) is 1.66. The zero-order chi connectivity index (χ0) is 7.78. The molecule has 1 unspecified atom stereocenters. The van der Waals surface area contributed by atoms with Gasteiger partial charge in [-0.2, -0.15) is 0 Å². The van der Waals surface area contributed by atoms with Gasteiger partial charge in [-0.05, 0) is 19.9 Å². The number of allylic oxidation sites excluding steroid dienone is 2. The molecule has 0 spiro atoms. The highest BCUT2D eigenvalue weighted by atomic mass is 19.1. The van der Waals surface area contributed by atoms with Crippen molar-refractivity contribution in [3.05, 3.63) is 11.6 Å². The van der Waals surface area contributed by atoms with Crippen LogP contribution in [0.25, 0.3) is 0 Å². The molecule has 0 amide bonds. The van der Waals surface area contributed by atoms with Gasteiger partial charge >= 0.3 is 0 Å². The van der Waals surface area contributed by atoms with Crippen LogP contribution in [0.4, 0.5) is 4.39 Å². The minimum absolute atomic E-state index is 0.0460. The summed E-state index contributed by atoms with van der Waals surface area (Å²) in [5.74, 6) is -0.0891. The van der Waals surface area contributed by atoms with E-state index in [1.807, 2.05) is 0 Å². The van der Waals surface area contributed by atoms with Gasteiger partial charge in [-0.1, -0.05) is 5.57 Å². The van der Waals surface area contributed by atoms with Crippen LogP contribution in [0.3, 0.4) is 0 Å². The van der Waals surface area contributed by atoms with Gasteiger partial charge in [0.25, 0.3) is 0 Å². The lowest BCUT2D eigenvalue weighted by Crippen LogP contribution is -2.26. The van der Waals surface area contributed by atoms with E-state index in [4.69, 9.17) is 0 Å². The second kappa shape index (κ2) is 2.19. The van der Waals surface area contributed by atoms with Crippen molar-refractivity contribution in [1.82, 2.24) is 0 Å². The van der Waals surface area contributed by atoms with E-state index in [9.17, 15) is 9.18 Å². The maximum absolute atomic E-state index is 13.1. The monoisotopic (exact) mass is 142 g/mol. The first kappa shape index (κ1) is 7.45. The molecular formula is C8H11FO. The molecule has 56 valence electrons. The van der Waals surface area contributed by atoms with E-state index in [1.54, 1.807) is 6.92 Å². The van der Waals surface area contributed by atoms with Gasteiger partial charge in [0.2, 0.25) is 0 Å². The first-order valence-corrected chi connectivity index (χ1v) is 3.38. The summed E-state index contributed by atoms with van der Waals surface area (Å²) >= 11 is 0. The Balaban J connectivity index is 2.80. The van der Waals surface area contributed by atoms with Gasteiger partial charge in [0.05, 0.1) is 0 Å². The van der Waals surface area contributed by atoms with E-state index < -0.39 is 5.67 Å². The van der Waals surface area contributed by atoms with E-state index in [-0.39, 0.29) is 12.2 Å². The lowest BCUT2D eigenvalue weighted by molar-refractivity contribution is -0.117. The van der Waals surface area contributed by atoms with E-state index in [0.717, 1.165) is 5.57 Å². The molecule has 0 bridgehead atoms. The maximum Gasteiger partial charge on any atom is 0.158 e. The predicted molar refractivity (Wildman–Crippen MR) is 37.5 cm³/mol. The lowest BCUT2D eigenvalue weighted by atomic mass is 9.88. The molecule has 2 heteroatoms. The standard InChI is InChI=1S/C8H11FO/c1-6-3-7(10)5-8(2,9)4-6/h3H,4-5H2,1-2H3. The molecule has 1 nitrogen and oxygen atoms in total. The van der Waals surface area contributed by atoms with Crippen molar-refractivity contribution >= 4 is 5.78 Å². The van der Waals surface area contributed by atoms with Crippen molar-refractivity contribution in [3.63, 3.8) is 0 Å². The number of hydrogen-bond donors (Lipinski definition) is 0. The van der Waals surface area contributed by atoms with Crippen LogP contribution in [0.1, 0.15) is 26.7 Å². The molecule has 0 radical (unpaired) electrons. The molecule has 0 fully saturated rings. The number of carbonyl (C=O) groups is 1. The Kier molecular flexibility index (Phi) is 1.63. The minimum Gasteiger partial charge on any atom is -0.295 e. The fraction of sp³-hybridized carbons (Fsp3) is 0.625. The van der Waals surface area contributed by atoms with Crippen LogP contribution in [0.5, 0.6) is 0 Å². The predicted octanol–water partition coefficient (Wildman–Crippen LogP) is 2.02. The fourth-order valence-corrected chi connectivity index (χ4v) is 1.38. The Morgan fingerprint density at radius 2 is 2.20 bits per heavy atom. The number of rotatable bonds is 0. The van der Waals surface area contributed by atoms with Crippen LogP contribution in [0.15, 0.2) is 11.6 Å². The summed E-state index contributed by atoms with van der Waals surface area (Å²) in [4.78, 5) is 10.8. The van der Waals surface area contributed by atoms with Gasteiger partial charge in [-0.15, -0.1) is 0 Å². The number of alkyl halides is 1. The summed E-state index contributed by atoms with van der Waals surface area (Å²) < 4.78 is 13.1. The summed E-state index contributed by atoms with van der Waals surface area (Å²) in [7, 11) is 0. The van der Waals surface area contributed by atoms with E-state index in [1.165, 1.54) is 13.0 Å². The normalized spacial score (nSPS) is 33.9. The van der Waals surface area contributed by atoms with E-state index in [0.29, 0.717) is 6.42 Å². The molecule has 0 saturated carbocycles. The molecular weight excluding hydrogens is 131 g/mol. The molecule has 0 aromatic carbocycles. The van der Waals surface area contributed by atoms with Crippen LogP contribution in [0.2, 0.25) is 0 Å². The zero-order valence-corrected chi connectivity index (χ0v) is 6.28. The summed E-state index contributed by atoms with van der Waals surface area (Å²) in [6.07, 6.45) is 1.98. The Bertz CT molecular complexity index is 191. The summed E-state index contributed by atoms with van der Waals surface area (Å²) in [5.41, 5.74) is -0.447. The Morgan fingerprint density at radius 3 is 2.60 bits per heavy atom. The van der Waals surface area contributed by atoms with Gasteiger partial charge in [0, 0.05) is 12.8 Å².